The van der Waals surface area contributed by atoms with Crippen molar-refractivity contribution in [3.63, 3.8) is 0 Å². The Bertz CT molecular complexity index is 1030. The van der Waals surface area contributed by atoms with Crippen LogP contribution in [0.2, 0.25) is 0 Å². The van der Waals surface area contributed by atoms with Crippen LogP contribution in [-0.4, -0.2) is 57.4 Å². The zero-order valence-electron chi connectivity index (χ0n) is 15.8. The van der Waals surface area contributed by atoms with Gasteiger partial charge in [0.2, 0.25) is 15.8 Å². The lowest BCUT2D eigenvalue weighted by Gasteiger charge is -2.26. The first-order chi connectivity index (χ1) is 13.8. The summed E-state index contributed by atoms with van der Waals surface area (Å²) in [7, 11) is -3.79. The van der Waals surface area contributed by atoms with E-state index in [1.807, 2.05) is 0 Å². The second-order valence-corrected chi connectivity index (χ2v) is 8.41. The minimum absolute atomic E-state index is 0.0284. The van der Waals surface area contributed by atoms with E-state index in [4.69, 9.17) is 9.47 Å². The Morgan fingerprint density at radius 1 is 1.10 bits per heavy atom. The third kappa shape index (κ3) is 4.69. The summed E-state index contributed by atoms with van der Waals surface area (Å²) in [5.74, 6) is -2.25. The van der Waals surface area contributed by atoms with Crippen LogP contribution in [0, 0.1) is 12.7 Å². The number of esters is 1. The van der Waals surface area contributed by atoms with Crippen LogP contribution in [0.4, 0.5) is 4.39 Å². The summed E-state index contributed by atoms with van der Waals surface area (Å²) in [5, 5.41) is 0. The molecule has 0 unspecified atom stereocenters. The number of benzene rings is 2. The maximum atomic E-state index is 13.7. The molecule has 0 N–H and O–H groups in total. The lowest BCUT2D eigenvalue weighted by atomic mass is 10.1. The van der Waals surface area contributed by atoms with Crippen molar-refractivity contribution in [3.8, 4) is 0 Å². The van der Waals surface area contributed by atoms with E-state index in [-0.39, 0.29) is 29.1 Å². The molecule has 2 aromatic carbocycles. The molecule has 0 atom stereocenters. The van der Waals surface area contributed by atoms with Gasteiger partial charge >= 0.3 is 5.97 Å². The van der Waals surface area contributed by atoms with E-state index in [0.29, 0.717) is 18.8 Å². The van der Waals surface area contributed by atoms with Crippen molar-refractivity contribution < 1.29 is 31.9 Å². The number of Topliss-reactive ketones (excluding diaryl/α,β-unsaturated/α-hetero) is 1. The van der Waals surface area contributed by atoms with Gasteiger partial charge in [-0.2, -0.15) is 4.31 Å². The Labute approximate surface area is 168 Å². The number of hydrogen-bond donors (Lipinski definition) is 0. The number of ketones is 1. The van der Waals surface area contributed by atoms with Crippen molar-refractivity contribution in [2.75, 3.05) is 32.9 Å². The van der Waals surface area contributed by atoms with Gasteiger partial charge in [-0.3, -0.25) is 4.79 Å². The topological polar surface area (TPSA) is 90.0 Å². The molecule has 0 amide bonds. The number of nitrogens with zero attached hydrogens (tertiary/aromatic N) is 1. The first-order valence-electron chi connectivity index (χ1n) is 8.94. The predicted molar refractivity (Wildman–Crippen MR) is 102 cm³/mol. The predicted octanol–water partition coefficient (Wildman–Crippen LogP) is 2.19. The average molecular weight is 421 g/mol. The van der Waals surface area contributed by atoms with Crippen LogP contribution in [0.3, 0.4) is 0 Å². The van der Waals surface area contributed by atoms with E-state index in [0.717, 1.165) is 6.07 Å². The molecule has 154 valence electrons. The van der Waals surface area contributed by atoms with Crippen LogP contribution in [0.1, 0.15) is 26.3 Å². The molecular formula is C20H20FNO6S. The van der Waals surface area contributed by atoms with E-state index < -0.39 is 34.2 Å². The molecule has 1 saturated heterocycles. The zero-order chi connectivity index (χ0) is 21.0. The van der Waals surface area contributed by atoms with Gasteiger partial charge in [-0.1, -0.05) is 18.2 Å². The molecule has 0 bridgehead atoms. The van der Waals surface area contributed by atoms with Crippen LogP contribution in [0.5, 0.6) is 0 Å². The van der Waals surface area contributed by atoms with Crippen LogP contribution in [-0.2, 0) is 19.5 Å². The first kappa shape index (κ1) is 21.1. The van der Waals surface area contributed by atoms with E-state index in [9.17, 15) is 22.4 Å². The van der Waals surface area contributed by atoms with Gasteiger partial charge in [0.05, 0.1) is 29.2 Å². The summed E-state index contributed by atoms with van der Waals surface area (Å²) < 4.78 is 50.7. The Kier molecular flexibility index (Phi) is 6.41. The largest absolute Gasteiger partial charge is 0.454 e. The molecule has 7 nitrogen and oxygen atoms in total. The molecule has 1 aliphatic rings. The van der Waals surface area contributed by atoms with Gasteiger partial charge in [0.1, 0.15) is 5.82 Å². The number of hydrogen-bond acceptors (Lipinski definition) is 6. The molecule has 1 fully saturated rings. The fourth-order valence-corrected chi connectivity index (χ4v) is 4.33. The Morgan fingerprint density at radius 3 is 2.48 bits per heavy atom. The lowest BCUT2D eigenvalue weighted by molar-refractivity contribution is 0.0472. The third-order valence-electron chi connectivity index (χ3n) is 4.55. The molecule has 0 aromatic heterocycles. The second-order valence-electron chi connectivity index (χ2n) is 6.47. The van der Waals surface area contributed by atoms with Crippen molar-refractivity contribution >= 4 is 21.8 Å². The van der Waals surface area contributed by atoms with Gasteiger partial charge in [0.25, 0.3) is 0 Å². The van der Waals surface area contributed by atoms with E-state index in [1.165, 1.54) is 40.7 Å². The summed E-state index contributed by atoms with van der Waals surface area (Å²) in [6.45, 7) is 2.04. The molecule has 0 radical (unpaired) electrons. The molecule has 9 heteroatoms. The normalized spacial score (nSPS) is 15.1. The molecule has 2 aromatic rings. The zero-order valence-corrected chi connectivity index (χ0v) is 16.6. The summed E-state index contributed by atoms with van der Waals surface area (Å²) in [6.07, 6.45) is 0. The highest BCUT2D eigenvalue weighted by Crippen LogP contribution is 2.21. The molecule has 1 aliphatic heterocycles. The number of morpholine rings is 1. The monoisotopic (exact) mass is 421 g/mol. The number of carbonyl (C=O) groups excluding carboxylic acids is 2. The number of halogens is 1. The Hall–Kier alpha value is -2.62. The Morgan fingerprint density at radius 2 is 1.79 bits per heavy atom. The van der Waals surface area contributed by atoms with Gasteiger partial charge in [-0.25, -0.2) is 17.6 Å². The van der Waals surface area contributed by atoms with E-state index >= 15 is 0 Å². The Balaban J connectivity index is 1.76. The van der Waals surface area contributed by atoms with Crippen LogP contribution in [0.15, 0.2) is 47.4 Å². The molecule has 3 rings (SSSR count). The number of sulfonamides is 1. The van der Waals surface area contributed by atoms with Gasteiger partial charge in [-0.05, 0) is 36.8 Å². The van der Waals surface area contributed by atoms with Crippen LogP contribution < -0.4 is 0 Å². The number of aryl methyl sites for hydroxylation is 1. The quantitative estimate of drug-likeness (QED) is 0.525. The van der Waals surface area contributed by atoms with Gasteiger partial charge in [-0.15, -0.1) is 0 Å². The molecule has 0 spiro atoms. The van der Waals surface area contributed by atoms with Gasteiger partial charge < -0.3 is 9.47 Å². The number of rotatable bonds is 6. The van der Waals surface area contributed by atoms with Crippen molar-refractivity contribution in [2.24, 2.45) is 0 Å². The highest BCUT2D eigenvalue weighted by molar-refractivity contribution is 7.89. The van der Waals surface area contributed by atoms with Crippen molar-refractivity contribution in [1.82, 2.24) is 4.31 Å². The highest BCUT2D eigenvalue weighted by atomic mass is 32.2. The third-order valence-corrected chi connectivity index (χ3v) is 6.44. The van der Waals surface area contributed by atoms with Crippen LogP contribution in [0.25, 0.3) is 0 Å². The molecular weight excluding hydrogens is 401 g/mol. The van der Waals surface area contributed by atoms with Crippen molar-refractivity contribution in [1.29, 1.82) is 0 Å². The first-order valence-corrected chi connectivity index (χ1v) is 10.4. The fourth-order valence-electron chi connectivity index (χ4n) is 2.89. The average Bonchev–Trinajstić information content (AvgIpc) is 2.73. The lowest BCUT2D eigenvalue weighted by Crippen LogP contribution is -2.40. The molecule has 0 aliphatic carbocycles. The summed E-state index contributed by atoms with van der Waals surface area (Å²) in [4.78, 5) is 24.5. The summed E-state index contributed by atoms with van der Waals surface area (Å²) in [6, 6.07) is 9.54. The SMILES string of the molecule is Cc1ccc(S(=O)(=O)N2CCOCC2)cc1C(=O)OCC(=O)c1ccccc1F. The van der Waals surface area contributed by atoms with Crippen LogP contribution >= 0.6 is 0 Å². The molecule has 1 heterocycles. The standard InChI is InChI=1S/C20H20FNO6S/c1-14-6-7-15(29(25,26)22-8-10-27-11-9-22)12-17(14)20(24)28-13-19(23)16-4-2-3-5-18(16)21/h2-7,12H,8-11,13H2,1H3. The second kappa shape index (κ2) is 8.81. The summed E-state index contributed by atoms with van der Waals surface area (Å²) in [5.41, 5.74) is 0.343. The smallest absolute Gasteiger partial charge is 0.338 e. The van der Waals surface area contributed by atoms with Gasteiger partial charge in [0.15, 0.2) is 6.61 Å². The van der Waals surface area contributed by atoms with Gasteiger partial charge in [0, 0.05) is 13.1 Å². The number of carbonyl (C=O) groups is 2. The summed E-state index contributed by atoms with van der Waals surface area (Å²) >= 11 is 0. The maximum Gasteiger partial charge on any atom is 0.338 e. The highest BCUT2D eigenvalue weighted by Gasteiger charge is 2.27. The maximum absolute atomic E-state index is 13.7. The molecule has 0 saturated carbocycles. The van der Waals surface area contributed by atoms with Crippen molar-refractivity contribution in [3.05, 3.63) is 65.0 Å². The van der Waals surface area contributed by atoms with E-state index in [2.05, 4.69) is 0 Å². The van der Waals surface area contributed by atoms with Crippen molar-refractivity contribution in [2.45, 2.75) is 11.8 Å². The van der Waals surface area contributed by atoms with E-state index in [1.54, 1.807) is 6.92 Å². The minimum atomic E-state index is -3.79. The fraction of sp³-hybridized carbons (Fsp3) is 0.300. The number of ether oxygens (including phenoxy) is 2. The minimum Gasteiger partial charge on any atom is -0.454 e. The molecule has 29 heavy (non-hydrogen) atoms.